The molecule has 0 saturated heterocycles. The van der Waals surface area contributed by atoms with Crippen LogP contribution in [0.5, 0.6) is 5.75 Å². The minimum Gasteiger partial charge on any atom is -0.469 e. The van der Waals surface area contributed by atoms with Crippen LogP contribution >= 0.6 is 11.6 Å². The molecule has 17 heavy (non-hydrogen) atoms. The highest BCUT2D eigenvalue weighted by molar-refractivity contribution is 6.32. The Balaban J connectivity index is 2.76. The van der Waals surface area contributed by atoms with Gasteiger partial charge in [0, 0.05) is 6.42 Å². The van der Waals surface area contributed by atoms with Gasteiger partial charge in [0.1, 0.15) is 5.75 Å². The zero-order valence-electron chi connectivity index (χ0n) is 9.08. The van der Waals surface area contributed by atoms with E-state index >= 15 is 0 Å². The second kappa shape index (κ2) is 6.39. The van der Waals surface area contributed by atoms with Gasteiger partial charge >= 0.3 is 12.6 Å². The van der Waals surface area contributed by atoms with Gasteiger partial charge in [0.25, 0.3) is 0 Å². The quantitative estimate of drug-likeness (QED) is 0.767. The summed E-state index contributed by atoms with van der Waals surface area (Å²) in [5.41, 5.74) is 0.565. The van der Waals surface area contributed by atoms with Crippen LogP contribution in [0.25, 0.3) is 0 Å². The van der Waals surface area contributed by atoms with Crippen molar-refractivity contribution in [3.63, 3.8) is 0 Å². The molecule has 1 rings (SSSR count). The van der Waals surface area contributed by atoms with Crippen molar-refractivity contribution in [2.24, 2.45) is 0 Å². The number of halogens is 3. The van der Waals surface area contributed by atoms with Gasteiger partial charge in [-0.15, -0.1) is 0 Å². The SMILES string of the molecule is COC(=O)CCc1cccc(OC(F)F)c1Cl. The van der Waals surface area contributed by atoms with Crippen LogP contribution in [0.2, 0.25) is 5.02 Å². The monoisotopic (exact) mass is 264 g/mol. The summed E-state index contributed by atoms with van der Waals surface area (Å²) in [5.74, 6) is -0.481. The zero-order chi connectivity index (χ0) is 12.8. The summed E-state index contributed by atoms with van der Waals surface area (Å²) in [6, 6.07) is 4.52. The third-order valence-electron chi connectivity index (χ3n) is 2.09. The van der Waals surface area contributed by atoms with Crippen LogP contribution in [0.15, 0.2) is 18.2 Å². The molecule has 0 aliphatic carbocycles. The maximum atomic E-state index is 12.0. The molecule has 1 aromatic carbocycles. The lowest BCUT2D eigenvalue weighted by atomic mass is 10.1. The van der Waals surface area contributed by atoms with Crippen LogP contribution in [0.3, 0.4) is 0 Å². The van der Waals surface area contributed by atoms with E-state index in [4.69, 9.17) is 11.6 Å². The number of benzene rings is 1. The Labute approximate surface area is 102 Å². The fraction of sp³-hybridized carbons (Fsp3) is 0.364. The van der Waals surface area contributed by atoms with E-state index < -0.39 is 6.61 Å². The molecule has 0 unspecified atom stereocenters. The largest absolute Gasteiger partial charge is 0.469 e. The van der Waals surface area contributed by atoms with Crippen molar-refractivity contribution in [1.29, 1.82) is 0 Å². The van der Waals surface area contributed by atoms with E-state index in [2.05, 4.69) is 9.47 Å². The Morgan fingerprint density at radius 1 is 1.47 bits per heavy atom. The van der Waals surface area contributed by atoms with Gasteiger partial charge in [-0.1, -0.05) is 23.7 Å². The fourth-order valence-electron chi connectivity index (χ4n) is 1.28. The number of methoxy groups -OCH3 is 1. The molecule has 94 valence electrons. The highest BCUT2D eigenvalue weighted by Crippen LogP contribution is 2.30. The molecule has 0 aliphatic rings. The molecule has 0 heterocycles. The molecule has 0 fully saturated rings. The van der Waals surface area contributed by atoms with Crippen LogP contribution < -0.4 is 4.74 Å². The molecule has 0 atom stereocenters. The van der Waals surface area contributed by atoms with Crippen molar-refractivity contribution >= 4 is 17.6 Å². The minimum absolute atomic E-state index is 0.0935. The van der Waals surface area contributed by atoms with Crippen LogP contribution in [0.4, 0.5) is 8.78 Å². The summed E-state index contributed by atoms with van der Waals surface area (Å²) >= 11 is 5.87. The average molecular weight is 265 g/mol. The van der Waals surface area contributed by atoms with Gasteiger partial charge in [0.2, 0.25) is 0 Å². The lowest BCUT2D eigenvalue weighted by Gasteiger charge is -2.09. The van der Waals surface area contributed by atoms with Gasteiger partial charge in [-0.3, -0.25) is 4.79 Å². The van der Waals surface area contributed by atoms with E-state index in [1.165, 1.54) is 19.2 Å². The standard InChI is InChI=1S/C11H11ClF2O3/c1-16-9(15)6-5-7-3-2-4-8(10(7)12)17-11(13)14/h2-4,11H,5-6H2,1H3. The molecular weight excluding hydrogens is 254 g/mol. The molecule has 0 spiro atoms. The minimum atomic E-state index is -2.93. The molecule has 3 nitrogen and oxygen atoms in total. The number of hydrogen-bond acceptors (Lipinski definition) is 3. The molecule has 0 N–H and O–H groups in total. The first-order valence-electron chi connectivity index (χ1n) is 4.83. The number of alkyl halides is 2. The van der Waals surface area contributed by atoms with Crippen molar-refractivity contribution in [2.45, 2.75) is 19.5 Å². The molecule has 0 aliphatic heterocycles. The van der Waals surface area contributed by atoms with Crippen molar-refractivity contribution < 1.29 is 23.0 Å². The molecule has 0 amide bonds. The number of carbonyl (C=O) groups excluding carboxylic acids is 1. The number of esters is 1. The predicted molar refractivity (Wildman–Crippen MR) is 58.4 cm³/mol. The zero-order valence-corrected chi connectivity index (χ0v) is 9.84. The number of hydrogen-bond donors (Lipinski definition) is 0. The van der Waals surface area contributed by atoms with E-state index in [-0.39, 0.29) is 23.2 Å². The van der Waals surface area contributed by atoms with Crippen molar-refractivity contribution in [2.75, 3.05) is 7.11 Å². The van der Waals surface area contributed by atoms with Gasteiger partial charge in [0.15, 0.2) is 0 Å². The van der Waals surface area contributed by atoms with E-state index in [1.54, 1.807) is 6.07 Å². The Kier molecular flexibility index (Phi) is 5.15. The Morgan fingerprint density at radius 2 is 2.18 bits per heavy atom. The lowest BCUT2D eigenvalue weighted by Crippen LogP contribution is -2.05. The topological polar surface area (TPSA) is 35.5 Å². The van der Waals surface area contributed by atoms with Crippen LogP contribution in [0, 0.1) is 0 Å². The third kappa shape index (κ3) is 4.19. The molecule has 1 aromatic rings. The van der Waals surface area contributed by atoms with Crippen LogP contribution in [0.1, 0.15) is 12.0 Å². The molecule has 0 radical (unpaired) electrons. The predicted octanol–water partition coefficient (Wildman–Crippen LogP) is 3.05. The Bertz CT molecular complexity index is 396. The normalized spacial score (nSPS) is 10.4. The number of ether oxygens (including phenoxy) is 2. The van der Waals surface area contributed by atoms with Gasteiger partial charge in [0.05, 0.1) is 12.1 Å². The number of aryl methyl sites for hydroxylation is 1. The Morgan fingerprint density at radius 3 is 2.76 bits per heavy atom. The number of rotatable bonds is 5. The fourth-order valence-corrected chi connectivity index (χ4v) is 1.54. The first-order valence-corrected chi connectivity index (χ1v) is 5.21. The molecule has 6 heteroatoms. The van der Waals surface area contributed by atoms with E-state index in [1.807, 2.05) is 0 Å². The van der Waals surface area contributed by atoms with Crippen molar-refractivity contribution in [1.82, 2.24) is 0 Å². The van der Waals surface area contributed by atoms with E-state index in [0.717, 1.165) is 0 Å². The Hall–Kier alpha value is -1.36. The smallest absolute Gasteiger partial charge is 0.387 e. The maximum absolute atomic E-state index is 12.0. The summed E-state index contributed by atoms with van der Waals surface area (Å²) < 4.78 is 32.8. The van der Waals surface area contributed by atoms with Crippen LogP contribution in [-0.4, -0.2) is 19.7 Å². The van der Waals surface area contributed by atoms with Gasteiger partial charge < -0.3 is 9.47 Å². The lowest BCUT2D eigenvalue weighted by molar-refractivity contribution is -0.140. The first kappa shape index (κ1) is 13.7. The molecule has 0 aromatic heterocycles. The van der Waals surface area contributed by atoms with E-state index in [9.17, 15) is 13.6 Å². The van der Waals surface area contributed by atoms with Gasteiger partial charge in [-0.05, 0) is 18.1 Å². The molecular formula is C11H11ClF2O3. The van der Waals surface area contributed by atoms with Gasteiger partial charge in [-0.25, -0.2) is 0 Å². The number of carbonyl (C=O) groups is 1. The molecule has 0 saturated carbocycles. The summed E-state index contributed by atoms with van der Waals surface area (Å²) in [6.45, 7) is -2.93. The second-order valence-electron chi connectivity index (χ2n) is 3.18. The van der Waals surface area contributed by atoms with Crippen LogP contribution in [-0.2, 0) is 16.0 Å². The second-order valence-corrected chi connectivity index (χ2v) is 3.56. The average Bonchev–Trinajstić information content (AvgIpc) is 2.29. The van der Waals surface area contributed by atoms with Gasteiger partial charge in [-0.2, -0.15) is 8.78 Å². The summed E-state index contributed by atoms with van der Waals surface area (Å²) in [5, 5.41) is 0.0942. The summed E-state index contributed by atoms with van der Waals surface area (Å²) in [7, 11) is 1.28. The highest BCUT2D eigenvalue weighted by atomic mass is 35.5. The van der Waals surface area contributed by atoms with Crippen molar-refractivity contribution in [3.8, 4) is 5.75 Å². The van der Waals surface area contributed by atoms with Crippen molar-refractivity contribution in [3.05, 3.63) is 28.8 Å². The highest BCUT2D eigenvalue weighted by Gasteiger charge is 2.12. The third-order valence-corrected chi connectivity index (χ3v) is 2.51. The first-order chi connectivity index (χ1) is 8.04. The van der Waals surface area contributed by atoms with E-state index in [0.29, 0.717) is 12.0 Å². The summed E-state index contributed by atoms with van der Waals surface area (Å²) in [6.07, 6.45) is 0.445. The summed E-state index contributed by atoms with van der Waals surface area (Å²) in [4.78, 5) is 10.9. The molecule has 0 bridgehead atoms. The maximum Gasteiger partial charge on any atom is 0.387 e.